The van der Waals surface area contributed by atoms with Crippen molar-refractivity contribution in [2.24, 2.45) is 11.8 Å². The van der Waals surface area contributed by atoms with E-state index in [1.165, 1.54) is 20.8 Å². The maximum absolute atomic E-state index is 11.9. The van der Waals surface area contributed by atoms with Crippen molar-refractivity contribution in [1.29, 1.82) is 0 Å². The van der Waals surface area contributed by atoms with Crippen molar-refractivity contribution in [2.45, 2.75) is 56.0 Å². The Bertz CT molecular complexity index is 713. The van der Waals surface area contributed by atoms with Crippen molar-refractivity contribution in [1.82, 2.24) is 0 Å². The van der Waals surface area contributed by atoms with Gasteiger partial charge in [0.1, 0.15) is 0 Å². The molecule has 0 spiro atoms. The molecule has 0 aromatic heterocycles. The van der Waals surface area contributed by atoms with Crippen LogP contribution < -0.4 is 0 Å². The van der Waals surface area contributed by atoms with Crippen molar-refractivity contribution < 1.29 is 33.1 Å². The van der Waals surface area contributed by atoms with Crippen LogP contribution in [0, 0.1) is 11.8 Å². The molecule has 2 aliphatic rings. The average Bonchev–Trinajstić information content (AvgIpc) is 2.52. The molecule has 0 saturated carbocycles. The minimum atomic E-state index is -4.23. The lowest BCUT2D eigenvalue weighted by molar-refractivity contribution is 0.177. The molecule has 2 saturated heterocycles. The molecule has 5 unspecified atom stereocenters. The molecule has 0 amide bonds. The summed E-state index contributed by atoms with van der Waals surface area (Å²) in [6.45, 7) is 5.83. The molecule has 130 valence electrons. The largest absolute Gasteiger partial charge is 0.284 e. The highest BCUT2D eigenvalue weighted by atomic mass is 32.3. The molecule has 0 aromatic carbocycles. The third-order valence-corrected chi connectivity index (χ3v) is 10.7. The lowest BCUT2D eigenvalue weighted by Crippen LogP contribution is -2.48. The highest BCUT2D eigenvalue weighted by Gasteiger charge is 2.52. The summed E-state index contributed by atoms with van der Waals surface area (Å²) >= 11 is 0. The lowest BCUT2D eigenvalue weighted by Gasteiger charge is -2.35. The molecule has 0 aromatic rings. The first-order valence-corrected chi connectivity index (χ1v) is 11.3. The van der Waals surface area contributed by atoms with Gasteiger partial charge in [0.05, 0.1) is 21.9 Å². The van der Waals surface area contributed by atoms with Crippen molar-refractivity contribution in [2.75, 3.05) is 0 Å². The van der Waals surface area contributed by atoms with Crippen LogP contribution in [-0.2, 0) is 38.2 Å². The maximum atomic E-state index is 11.9. The van der Waals surface area contributed by atoms with Crippen LogP contribution in [0.1, 0.15) is 34.1 Å². The molecule has 2 rings (SSSR count). The summed E-state index contributed by atoms with van der Waals surface area (Å²) in [5.74, 6) is -1.22. The van der Waals surface area contributed by atoms with Gasteiger partial charge in [0, 0.05) is 5.92 Å². The second-order valence-corrected chi connectivity index (χ2v) is 12.0. The fraction of sp³-hybridized carbons (Fsp3) is 1.00. The van der Waals surface area contributed by atoms with Crippen molar-refractivity contribution in [3.05, 3.63) is 0 Å². The lowest BCUT2D eigenvalue weighted by atomic mass is 9.85. The monoisotopic (exact) mass is 376 g/mol. The SMILES string of the molecule is CC1OS(=O)(=O)C(C)C1CC1C(C)S(=O)(=O)OS(=O)(=O)C1C. The third-order valence-electron chi connectivity index (χ3n) is 4.80. The smallest absolute Gasteiger partial charge is 0.267 e. The molecule has 0 N–H and O–H groups in total. The number of rotatable bonds is 2. The van der Waals surface area contributed by atoms with Crippen molar-refractivity contribution >= 4 is 30.4 Å². The van der Waals surface area contributed by atoms with Crippen LogP contribution in [0.15, 0.2) is 0 Å². The average molecular weight is 376 g/mol. The van der Waals surface area contributed by atoms with E-state index in [9.17, 15) is 25.3 Å². The highest BCUT2D eigenvalue weighted by molar-refractivity contribution is 8.01. The molecule has 2 aliphatic heterocycles. The van der Waals surface area contributed by atoms with E-state index < -0.39 is 64.0 Å². The molecular formula is C11H20O8S3. The molecule has 22 heavy (non-hydrogen) atoms. The van der Waals surface area contributed by atoms with Gasteiger partial charge in [-0.25, -0.2) is 0 Å². The van der Waals surface area contributed by atoms with E-state index in [-0.39, 0.29) is 6.42 Å². The molecule has 2 fully saturated rings. The van der Waals surface area contributed by atoms with Gasteiger partial charge in [-0.3, -0.25) is 4.18 Å². The van der Waals surface area contributed by atoms with E-state index in [0.29, 0.717) is 0 Å². The standard InChI is InChI=1S/C11H20O8S3/c1-6-10(7(2)20(12,13)18-6)5-11-8(3)21(14,15)19-22(16,17)9(11)4/h6-11H,5H2,1-4H3. The van der Waals surface area contributed by atoms with Gasteiger partial charge < -0.3 is 0 Å². The second-order valence-electron chi connectivity index (χ2n) is 6.03. The second kappa shape index (κ2) is 5.40. The summed E-state index contributed by atoms with van der Waals surface area (Å²) in [5.41, 5.74) is 0. The Morgan fingerprint density at radius 3 is 1.45 bits per heavy atom. The van der Waals surface area contributed by atoms with E-state index in [1.54, 1.807) is 6.92 Å². The van der Waals surface area contributed by atoms with Crippen LogP contribution >= 0.6 is 0 Å². The van der Waals surface area contributed by atoms with E-state index in [0.717, 1.165) is 0 Å². The summed E-state index contributed by atoms with van der Waals surface area (Å²) in [5, 5.41) is -2.88. The van der Waals surface area contributed by atoms with Gasteiger partial charge in [0.2, 0.25) is 0 Å². The Hall–Kier alpha value is -0.230. The van der Waals surface area contributed by atoms with Crippen LogP contribution in [-0.4, -0.2) is 47.1 Å². The zero-order chi connectivity index (χ0) is 17.1. The van der Waals surface area contributed by atoms with Gasteiger partial charge in [-0.2, -0.15) is 25.3 Å². The van der Waals surface area contributed by atoms with E-state index in [2.05, 4.69) is 3.63 Å². The van der Waals surface area contributed by atoms with Gasteiger partial charge in [-0.05, 0) is 40.0 Å². The Kier molecular flexibility index (Phi) is 4.45. The molecule has 5 atom stereocenters. The van der Waals surface area contributed by atoms with Crippen LogP contribution in [0.2, 0.25) is 0 Å². The van der Waals surface area contributed by atoms with Crippen LogP contribution in [0.3, 0.4) is 0 Å². The molecule has 0 radical (unpaired) electrons. The summed E-state index contributed by atoms with van der Waals surface area (Å²) in [6.07, 6.45) is -0.501. The first-order chi connectivity index (χ1) is 9.79. The van der Waals surface area contributed by atoms with E-state index in [1.807, 2.05) is 0 Å². The van der Waals surface area contributed by atoms with Gasteiger partial charge in [0.25, 0.3) is 30.4 Å². The topological polar surface area (TPSA) is 121 Å². The summed E-state index contributed by atoms with van der Waals surface area (Å²) in [4.78, 5) is 0. The Morgan fingerprint density at radius 1 is 0.682 bits per heavy atom. The first kappa shape index (κ1) is 18.1. The van der Waals surface area contributed by atoms with Crippen LogP contribution in [0.4, 0.5) is 0 Å². The quantitative estimate of drug-likeness (QED) is 0.627. The van der Waals surface area contributed by atoms with Gasteiger partial charge >= 0.3 is 0 Å². The van der Waals surface area contributed by atoms with Crippen LogP contribution in [0.5, 0.6) is 0 Å². The maximum Gasteiger partial charge on any atom is 0.284 e. The van der Waals surface area contributed by atoms with E-state index in [4.69, 9.17) is 4.18 Å². The van der Waals surface area contributed by atoms with Gasteiger partial charge in [-0.15, -0.1) is 3.63 Å². The van der Waals surface area contributed by atoms with Gasteiger partial charge in [-0.1, -0.05) is 0 Å². The predicted octanol–water partition coefficient (Wildman–Crippen LogP) is 0.213. The summed E-state index contributed by atoms with van der Waals surface area (Å²) < 4.78 is 80.2. The normalized spacial score (nSPS) is 46.4. The summed E-state index contributed by atoms with van der Waals surface area (Å²) in [7, 11) is -12.2. The molecule has 2 heterocycles. The van der Waals surface area contributed by atoms with E-state index >= 15 is 0 Å². The minimum absolute atomic E-state index is 0.117. The molecule has 8 nitrogen and oxygen atoms in total. The minimum Gasteiger partial charge on any atom is -0.267 e. The fourth-order valence-corrected chi connectivity index (χ4v) is 8.31. The Morgan fingerprint density at radius 2 is 1.09 bits per heavy atom. The number of hydrogen-bond donors (Lipinski definition) is 0. The first-order valence-electron chi connectivity index (χ1n) is 6.90. The molecule has 11 heteroatoms. The molecule has 0 aliphatic carbocycles. The molecule has 0 bridgehead atoms. The number of hydrogen-bond acceptors (Lipinski definition) is 8. The Labute approximate surface area is 131 Å². The predicted molar refractivity (Wildman–Crippen MR) is 78.4 cm³/mol. The Balaban J connectivity index is 2.35. The summed E-state index contributed by atoms with van der Waals surface area (Å²) in [6, 6.07) is 0. The zero-order valence-electron chi connectivity index (χ0n) is 12.7. The zero-order valence-corrected chi connectivity index (χ0v) is 15.1. The fourth-order valence-electron chi connectivity index (χ4n) is 3.11. The van der Waals surface area contributed by atoms with Crippen LogP contribution in [0.25, 0.3) is 0 Å². The third kappa shape index (κ3) is 2.93. The molecular weight excluding hydrogens is 356 g/mol. The van der Waals surface area contributed by atoms with Crippen molar-refractivity contribution in [3.8, 4) is 0 Å². The van der Waals surface area contributed by atoms with Crippen molar-refractivity contribution in [3.63, 3.8) is 0 Å². The highest BCUT2D eigenvalue weighted by Crippen LogP contribution is 2.40. The van der Waals surface area contributed by atoms with Gasteiger partial charge in [0.15, 0.2) is 0 Å².